The van der Waals surface area contributed by atoms with Gasteiger partial charge in [0.2, 0.25) is 11.8 Å². The summed E-state index contributed by atoms with van der Waals surface area (Å²) in [4.78, 5) is 20.6. The number of hydrogen-bond acceptors (Lipinski definition) is 5. The predicted octanol–water partition coefficient (Wildman–Crippen LogP) is 1.15. The lowest BCUT2D eigenvalue weighted by Crippen LogP contribution is -2.47. The van der Waals surface area contributed by atoms with Crippen LogP contribution in [0.5, 0.6) is 0 Å². The van der Waals surface area contributed by atoms with Crippen LogP contribution < -0.4 is 5.32 Å². The number of carbonyl (C=O) groups is 1. The van der Waals surface area contributed by atoms with Crippen molar-refractivity contribution >= 4 is 5.91 Å². The Hall–Kier alpha value is -2.25. The van der Waals surface area contributed by atoms with E-state index < -0.39 is 0 Å². The average molecular weight is 289 g/mol. The van der Waals surface area contributed by atoms with Crippen LogP contribution in [0.15, 0.2) is 6.33 Å². The van der Waals surface area contributed by atoms with Crippen molar-refractivity contribution in [2.24, 2.45) is 0 Å². The van der Waals surface area contributed by atoms with Gasteiger partial charge in [0, 0.05) is 5.54 Å². The summed E-state index contributed by atoms with van der Waals surface area (Å²) in [6, 6.07) is 0. The smallest absolute Gasteiger partial charge is 0.291 e. The molecule has 2 N–H and O–H groups in total. The van der Waals surface area contributed by atoms with E-state index >= 15 is 0 Å². The Bertz CT molecular complexity index is 625. The summed E-state index contributed by atoms with van der Waals surface area (Å²) >= 11 is 0. The van der Waals surface area contributed by atoms with Gasteiger partial charge < -0.3 is 5.32 Å². The van der Waals surface area contributed by atoms with Crippen molar-refractivity contribution in [1.82, 2.24) is 35.3 Å². The summed E-state index contributed by atoms with van der Waals surface area (Å²) in [6.45, 7) is 3.86. The molecule has 2 aromatic rings. The minimum Gasteiger partial charge on any atom is -0.344 e. The summed E-state index contributed by atoms with van der Waals surface area (Å²) < 4.78 is 1.48. The first kappa shape index (κ1) is 13.7. The molecule has 8 heteroatoms. The van der Waals surface area contributed by atoms with Crippen LogP contribution in [-0.2, 0) is 0 Å². The normalized spacial score (nSPS) is 17.6. The molecule has 0 radical (unpaired) electrons. The van der Waals surface area contributed by atoms with Crippen molar-refractivity contribution in [3.63, 3.8) is 0 Å². The first-order valence-electron chi connectivity index (χ1n) is 7.19. The molecule has 21 heavy (non-hydrogen) atoms. The zero-order chi connectivity index (χ0) is 14.9. The topological polar surface area (TPSA) is 101 Å². The summed E-state index contributed by atoms with van der Waals surface area (Å²) in [5.41, 5.74) is -0.152. The molecular formula is C13H19N7O. The van der Waals surface area contributed by atoms with Gasteiger partial charge in [-0.2, -0.15) is 14.8 Å². The van der Waals surface area contributed by atoms with Gasteiger partial charge in [-0.05, 0) is 26.7 Å². The number of rotatable bonds is 3. The molecule has 0 spiro atoms. The molecule has 0 aromatic carbocycles. The molecule has 1 fully saturated rings. The molecule has 2 heterocycles. The molecular weight excluding hydrogens is 270 g/mol. The summed E-state index contributed by atoms with van der Waals surface area (Å²) in [6.07, 6.45) is 6.93. The molecule has 8 nitrogen and oxygen atoms in total. The van der Waals surface area contributed by atoms with Gasteiger partial charge in [-0.1, -0.05) is 19.3 Å². The van der Waals surface area contributed by atoms with E-state index in [2.05, 4.69) is 37.5 Å². The van der Waals surface area contributed by atoms with E-state index in [-0.39, 0.29) is 17.3 Å². The van der Waals surface area contributed by atoms with Crippen LogP contribution in [0.3, 0.4) is 0 Å². The predicted molar refractivity (Wildman–Crippen MR) is 75.0 cm³/mol. The molecule has 1 amide bonds. The highest BCUT2D eigenvalue weighted by Gasteiger charge is 2.30. The first-order chi connectivity index (χ1) is 10.1. The van der Waals surface area contributed by atoms with Gasteiger partial charge in [0.25, 0.3) is 5.91 Å². The lowest BCUT2D eigenvalue weighted by Gasteiger charge is -2.34. The number of nitrogens with zero attached hydrogens (tertiary/aromatic N) is 5. The van der Waals surface area contributed by atoms with Crippen molar-refractivity contribution in [2.45, 2.75) is 51.5 Å². The fourth-order valence-corrected chi connectivity index (χ4v) is 2.78. The van der Waals surface area contributed by atoms with Crippen LogP contribution in [0.1, 0.15) is 55.5 Å². The molecule has 0 bridgehead atoms. The van der Waals surface area contributed by atoms with E-state index in [1.165, 1.54) is 17.4 Å². The number of aromatic nitrogens is 6. The maximum atomic E-state index is 12.4. The second-order valence-electron chi connectivity index (χ2n) is 5.78. The molecule has 0 saturated heterocycles. The summed E-state index contributed by atoms with van der Waals surface area (Å²) in [5, 5.41) is 13.8. The highest BCUT2D eigenvalue weighted by Crippen LogP contribution is 2.27. The molecule has 1 saturated carbocycles. The van der Waals surface area contributed by atoms with Gasteiger partial charge in [-0.15, -0.1) is 5.10 Å². The number of aryl methyl sites for hydroxylation is 1. The fraction of sp³-hybridized carbons (Fsp3) is 0.615. The van der Waals surface area contributed by atoms with Crippen molar-refractivity contribution < 1.29 is 4.79 Å². The first-order valence-corrected chi connectivity index (χ1v) is 7.19. The Morgan fingerprint density at radius 3 is 2.81 bits per heavy atom. The number of hydrogen-bond donors (Lipinski definition) is 2. The lowest BCUT2D eigenvalue weighted by atomic mass is 9.83. The van der Waals surface area contributed by atoms with E-state index in [0.29, 0.717) is 11.8 Å². The largest absolute Gasteiger partial charge is 0.344 e. The van der Waals surface area contributed by atoms with Gasteiger partial charge >= 0.3 is 0 Å². The third-order valence-corrected chi connectivity index (χ3v) is 3.95. The van der Waals surface area contributed by atoms with Crippen LogP contribution in [0.4, 0.5) is 0 Å². The Morgan fingerprint density at radius 2 is 2.14 bits per heavy atom. The SMILES string of the molecule is Cc1nc(C(=O)NC2(C)CCCCC2)nn1-c1ncn[nH]1. The summed E-state index contributed by atoms with van der Waals surface area (Å²) in [5.74, 6) is 0.963. The summed E-state index contributed by atoms with van der Waals surface area (Å²) in [7, 11) is 0. The van der Waals surface area contributed by atoms with Crippen LogP contribution >= 0.6 is 0 Å². The van der Waals surface area contributed by atoms with Gasteiger partial charge in [-0.3, -0.25) is 4.79 Å². The molecule has 0 atom stereocenters. The number of H-pyrrole nitrogens is 1. The van der Waals surface area contributed by atoms with Crippen molar-refractivity contribution in [3.8, 4) is 5.95 Å². The third-order valence-electron chi connectivity index (χ3n) is 3.95. The number of nitrogens with one attached hydrogen (secondary N) is 2. The quantitative estimate of drug-likeness (QED) is 0.882. The minimum atomic E-state index is -0.235. The van der Waals surface area contributed by atoms with Gasteiger partial charge in [0.05, 0.1) is 0 Å². The van der Waals surface area contributed by atoms with E-state index in [0.717, 1.165) is 25.7 Å². The van der Waals surface area contributed by atoms with Crippen molar-refractivity contribution in [1.29, 1.82) is 0 Å². The van der Waals surface area contributed by atoms with E-state index in [9.17, 15) is 4.79 Å². The molecule has 2 aromatic heterocycles. The maximum absolute atomic E-state index is 12.4. The number of carbonyl (C=O) groups excluding carboxylic acids is 1. The van der Waals surface area contributed by atoms with E-state index in [1.54, 1.807) is 6.92 Å². The molecule has 0 unspecified atom stereocenters. The molecule has 0 aliphatic heterocycles. The third kappa shape index (κ3) is 2.79. The van der Waals surface area contributed by atoms with Gasteiger partial charge in [0.1, 0.15) is 12.2 Å². The van der Waals surface area contributed by atoms with Crippen LogP contribution in [-0.4, -0.2) is 41.4 Å². The monoisotopic (exact) mass is 289 g/mol. The Kier molecular flexibility index (Phi) is 3.44. The number of amides is 1. The minimum absolute atomic E-state index is 0.152. The molecule has 1 aliphatic rings. The maximum Gasteiger partial charge on any atom is 0.291 e. The van der Waals surface area contributed by atoms with Crippen LogP contribution in [0.2, 0.25) is 0 Å². The van der Waals surface area contributed by atoms with Crippen LogP contribution in [0, 0.1) is 6.92 Å². The second kappa shape index (κ2) is 5.27. The zero-order valence-electron chi connectivity index (χ0n) is 12.3. The highest BCUT2D eigenvalue weighted by molar-refractivity contribution is 5.90. The molecule has 3 rings (SSSR count). The van der Waals surface area contributed by atoms with Gasteiger partial charge in [-0.25, -0.2) is 10.1 Å². The standard InChI is InChI=1S/C13H19N7O/c1-9-16-10(19-20(9)12-14-8-15-18-12)11(21)17-13(2)6-4-3-5-7-13/h8H,3-7H2,1-2H3,(H,17,21)(H,14,15,18). The average Bonchev–Trinajstić information content (AvgIpc) is 3.07. The molecule has 112 valence electrons. The molecule has 1 aliphatic carbocycles. The highest BCUT2D eigenvalue weighted by atomic mass is 16.2. The van der Waals surface area contributed by atoms with Crippen LogP contribution in [0.25, 0.3) is 5.95 Å². The zero-order valence-corrected chi connectivity index (χ0v) is 12.3. The Labute approximate surface area is 122 Å². The second-order valence-corrected chi connectivity index (χ2v) is 5.78. The lowest BCUT2D eigenvalue weighted by molar-refractivity contribution is 0.0872. The number of aromatic amines is 1. The fourth-order valence-electron chi connectivity index (χ4n) is 2.78. The van der Waals surface area contributed by atoms with E-state index in [4.69, 9.17) is 0 Å². The van der Waals surface area contributed by atoms with E-state index in [1.807, 2.05) is 0 Å². The van der Waals surface area contributed by atoms with Gasteiger partial charge in [0.15, 0.2) is 0 Å². The van der Waals surface area contributed by atoms with Crippen molar-refractivity contribution in [3.05, 3.63) is 18.0 Å². The van der Waals surface area contributed by atoms with Crippen molar-refractivity contribution in [2.75, 3.05) is 0 Å². The Morgan fingerprint density at radius 1 is 1.38 bits per heavy atom. The Balaban J connectivity index is 1.78.